The molecule has 2 aromatic heterocycles. The smallest absolute Gasteiger partial charge is 0.313 e. The number of nitrogens with zero attached hydrogens (tertiary/aromatic N) is 2. The number of aromatic nitrogens is 2. The third-order valence-electron chi connectivity index (χ3n) is 1.51. The second kappa shape index (κ2) is 3.93. The van der Waals surface area contributed by atoms with Gasteiger partial charge in [-0.25, -0.2) is 9.97 Å². The molecular formula is C8H6N2O2S2. The lowest BCUT2D eigenvalue weighted by Crippen LogP contribution is -1.98. The van der Waals surface area contributed by atoms with E-state index in [0.29, 0.717) is 5.16 Å². The van der Waals surface area contributed by atoms with Crippen LogP contribution < -0.4 is 0 Å². The fourth-order valence-electron chi connectivity index (χ4n) is 0.945. The zero-order chi connectivity index (χ0) is 9.97. The van der Waals surface area contributed by atoms with Gasteiger partial charge in [-0.15, -0.1) is 11.3 Å². The zero-order valence-corrected chi connectivity index (χ0v) is 8.64. The van der Waals surface area contributed by atoms with Gasteiger partial charge in [0, 0.05) is 6.20 Å². The largest absolute Gasteiger partial charge is 0.481 e. The summed E-state index contributed by atoms with van der Waals surface area (Å²) in [6.07, 6.45) is 1.72. The Morgan fingerprint density at radius 3 is 3.29 bits per heavy atom. The van der Waals surface area contributed by atoms with E-state index < -0.39 is 5.97 Å². The van der Waals surface area contributed by atoms with Crippen molar-refractivity contribution in [3.8, 4) is 0 Å². The molecule has 0 saturated heterocycles. The summed E-state index contributed by atoms with van der Waals surface area (Å²) in [5.74, 6) is -0.862. The quantitative estimate of drug-likeness (QED) is 0.639. The van der Waals surface area contributed by atoms with Gasteiger partial charge < -0.3 is 5.11 Å². The molecule has 2 aromatic rings. The number of fused-ring (bicyclic) bond motifs is 1. The molecule has 0 aliphatic carbocycles. The van der Waals surface area contributed by atoms with Crippen molar-refractivity contribution in [3.05, 3.63) is 17.6 Å². The highest BCUT2D eigenvalue weighted by molar-refractivity contribution is 7.99. The lowest BCUT2D eigenvalue weighted by Gasteiger charge is -1.95. The Labute approximate surface area is 88.0 Å². The maximum absolute atomic E-state index is 10.3. The van der Waals surface area contributed by atoms with E-state index in [1.54, 1.807) is 17.5 Å². The lowest BCUT2D eigenvalue weighted by molar-refractivity contribution is -0.133. The van der Waals surface area contributed by atoms with Crippen molar-refractivity contribution in [1.29, 1.82) is 0 Å². The van der Waals surface area contributed by atoms with E-state index in [-0.39, 0.29) is 5.75 Å². The number of hydrogen-bond acceptors (Lipinski definition) is 5. The third kappa shape index (κ3) is 2.02. The number of aliphatic carboxylic acids is 1. The molecule has 0 spiro atoms. The van der Waals surface area contributed by atoms with Crippen molar-refractivity contribution >= 4 is 39.3 Å². The molecule has 0 aromatic carbocycles. The maximum atomic E-state index is 10.3. The Kier molecular flexibility index (Phi) is 2.64. The van der Waals surface area contributed by atoms with E-state index in [4.69, 9.17) is 5.11 Å². The molecular weight excluding hydrogens is 220 g/mol. The van der Waals surface area contributed by atoms with Gasteiger partial charge in [-0.3, -0.25) is 4.79 Å². The van der Waals surface area contributed by atoms with Gasteiger partial charge >= 0.3 is 5.97 Å². The van der Waals surface area contributed by atoms with E-state index in [9.17, 15) is 4.79 Å². The van der Waals surface area contributed by atoms with Crippen LogP contribution in [0.15, 0.2) is 22.8 Å². The van der Waals surface area contributed by atoms with E-state index in [0.717, 1.165) is 22.0 Å². The highest BCUT2D eigenvalue weighted by atomic mass is 32.2. The molecule has 0 aliphatic rings. The number of carboxylic acids is 1. The summed E-state index contributed by atoms with van der Waals surface area (Å²) in [7, 11) is 0. The topological polar surface area (TPSA) is 63.1 Å². The van der Waals surface area contributed by atoms with Crippen LogP contribution in [0, 0.1) is 0 Å². The van der Waals surface area contributed by atoms with Crippen molar-refractivity contribution in [3.63, 3.8) is 0 Å². The monoisotopic (exact) mass is 226 g/mol. The first-order valence-electron chi connectivity index (χ1n) is 3.80. The van der Waals surface area contributed by atoms with Crippen LogP contribution in [-0.4, -0.2) is 26.8 Å². The Balaban J connectivity index is 2.21. The average Bonchev–Trinajstić information content (AvgIpc) is 2.61. The third-order valence-corrected chi connectivity index (χ3v) is 3.19. The van der Waals surface area contributed by atoms with Crippen molar-refractivity contribution < 1.29 is 9.90 Å². The fraction of sp³-hybridized carbons (Fsp3) is 0.125. The van der Waals surface area contributed by atoms with Crippen LogP contribution in [0.4, 0.5) is 0 Å². The first kappa shape index (κ1) is 9.42. The number of carboxylic acid groups (broad SMARTS) is 1. The van der Waals surface area contributed by atoms with Gasteiger partial charge in [0.25, 0.3) is 0 Å². The van der Waals surface area contributed by atoms with Crippen LogP contribution in [0.5, 0.6) is 0 Å². The van der Waals surface area contributed by atoms with E-state index in [1.807, 2.05) is 11.4 Å². The van der Waals surface area contributed by atoms with Crippen LogP contribution in [0.3, 0.4) is 0 Å². The van der Waals surface area contributed by atoms with Crippen LogP contribution >= 0.6 is 23.1 Å². The minimum absolute atomic E-state index is 0.00432. The molecule has 0 fully saturated rings. The van der Waals surface area contributed by atoms with E-state index >= 15 is 0 Å². The summed E-state index contributed by atoms with van der Waals surface area (Å²) in [6, 6.07) is 1.90. The highest BCUT2D eigenvalue weighted by Gasteiger charge is 2.04. The minimum Gasteiger partial charge on any atom is -0.481 e. The molecule has 0 aliphatic heterocycles. The Morgan fingerprint density at radius 2 is 2.50 bits per heavy atom. The van der Waals surface area contributed by atoms with Crippen LogP contribution in [0.2, 0.25) is 0 Å². The summed E-state index contributed by atoms with van der Waals surface area (Å²) in [4.78, 5) is 18.6. The van der Waals surface area contributed by atoms with E-state index in [2.05, 4.69) is 9.97 Å². The van der Waals surface area contributed by atoms with Crippen LogP contribution in [0.25, 0.3) is 10.2 Å². The fourth-order valence-corrected chi connectivity index (χ4v) is 2.18. The molecule has 14 heavy (non-hydrogen) atoms. The van der Waals surface area contributed by atoms with Gasteiger partial charge in [0.05, 0.1) is 16.0 Å². The summed E-state index contributed by atoms with van der Waals surface area (Å²) in [5.41, 5.74) is 0.873. The molecule has 4 nitrogen and oxygen atoms in total. The molecule has 72 valence electrons. The lowest BCUT2D eigenvalue weighted by atomic mass is 10.5. The molecule has 0 saturated carbocycles. The number of carbonyl (C=O) groups is 1. The van der Waals surface area contributed by atoms with Crippen molar-refractivity contribution in [1.82, 2.24) is 9.97 Å². The normalized spacial score (nSPS) is 10.6. The number of hydrogen-bond donors (Lipinski definition) is 1. The molecule has 1 N–H and O–H groups in total. The van der Waals surface area contributed by atoms with Gasteiger partial charge in [0.15, 0.2) is 5.16 Å². The molecule has 0 bridgehead atoms. The second-order valence-electron chi connectivity index (χ2n) is 2.51. The van der Waals surface area contributed by atoms with Gasteiger partial charge in [0.1, 0.15) is 0 Å². The van der Waals surface area contributed by atoms with Crippen molar-refractivity contribution in [2.24, 2.45) is 0 Å². The first-order chi connectivity index (χ1) is 6.75. The standard InChI is InChI=1S/C8H6N2O2S2/c11-7(12)4-14-8-9-3-6-5(10-8)1-2-13-6/h1-3H,4H2,(H,11,12). The Bertz CT molecular complexity index is 469. The van der Waals surface area contributed by atoms with Crippen molar-refractivity contribution in [2.75, 3.05) is 5.75 Å². The summed E-state index contributed by atoms with van der Waals surface area (Å²) in [6.45, 7) is 0. The summed E-state index contributed by atoms with van der Waals surface area (Å²) < 4.78 is 1.02. The van der Waals surface area contributed by atoms with Gasteiger partial charge in [0.2, 0.25) is 0 Å². The zero-order valence-electron chi connectivity index (χ0n) is 7.01. The van der Waals surface area contributed by atoms with Gasteiger partial charge in [-0.05, 0) is 11.4 Å². The van der Waals surface area contributed by atoms with Crippen molar-refractivity contribution in [2.45, 2.75) is 5.16 Å². The predicted octanol–water partition coefficient (Wildman–Crippen LogP) is 1.87. The summed E-state index contributed by atoms with van der Waals surface area (Å²) in [5, 5.41) is 10.9. The highest BCUT2D eigenvalue weighted by Crippen LogP contribution is 2.20. The molecule has 2 rings (SSSR count). The molecule has 0 radical (unpaired) electrons. The van der Waals surface area contributed by atoms with Crippen LogP contribution in [-0.2, 0) is 4.79 Å². The average molecular weight is 226 g/mol. The van der Waals surface area contributed by atoms with Crippen LogP contribution in [0.1, 0.15) is 0 Å². The van der Waals surface area contributed by atoms with Gasteiger partial charge in [-0.1, -0.05) is 11.8 Å². The molecule has 6 heteroatoms. The number of rotatable bonds is 3. The van der Waals surface area contributed by atoms with Gasteiger partial charge in [-0.2, -0.15) is 0 Å². The van der Waals surface area contributed by atoms with E-state index in [1.165, 1.54) is 0 Å². The Hall–Kier alpha value is -1.14. The number of thioether (sulfide) groups is 1. The minimum atomic E-state index is -0.857. The maximum Gasteiger partial charge on any atom is 0.313 e. The molecule has 0 unspecified atom stereocenters. The molecule has 2 heterocycles. The first-order valence-corrected chi connectivity index (χ1v) is 5.67. The molecule has 0 atom stereocenters. The number of thiophene rings is 1. The molecule has 0 amide bonds. The predicted molar refractivity (Wildman–Crippen MR) is 55.8 cm³/mol. The Morgan fingerprint density at radius 1 is 1.64 bits per heavy atom. The SMILES string of the molecule is O=C(O)CSc1ncc2sccc2n1. The second-order valence-corrected chi connectivity index (χ2v) is 4.40. The summed E-state index contributed by atoms with van der Waals surface area (Å²) >= 11 is 2.70.